The molecule has 0 aromatic heterocycles. The lowest BCUT2D eigenvalue weighted by Gasteiger charge is -2.43. The Morgan fingerprint density at radius 3 is 2.43 bits per heavy atom. The van der Waals surface area contributed by atoms with Gasteiger partial charge in [-0.3, -0.25) is 4.79 Å². The number of carbonyl (C=O) groups is 1. The van der Waals surface area contributed by atoms with Gasteiger partial charge in [0.25, 0.3) is 0 Å². The van der Waals surface area contributed by atoms with Gasteiger partial charge in [-0.2, -0.15) is 13.2 Å². The number of hydrogen-bond acceptors (Lipinski definition) is 2. The molecular formula is C17H21F3O2Si. The van der Waals surface area contributed by atoms with Crippen LogP contribution in [0.2, 0.25) is 18.6 Å². The number of esters is 1. The maximum absolute atomic E-state index is 13.8. The molecule has 1 aliphatic heterocycles. The van der Waals surface area contributed by atoms with Crippen molar-refractivity contribution >= 4 is 19.2 Å². The monoisotopic (exact) mass is 342 g/mol. The average molecular weight is 342 g/mol. The van der Waals surface area contributed by atoms with Crippen LogP contribution in [0.1, 0.15) is 19.3 Å². The number of ether oxygens (including phenoxy) is 1. The van der Waals surface area contributed by atoms with Gasteiger partial charge in [0, 0.05) is 0 Å². The molecule has 3 atom stereocenters. The molecular weight excluding hydrogens is 321 g/mol. The van der Waals surface area contributed by atoms with Crippen molar-refractivity contribution in [2.24, 2.45) is 11.3 Å². The summed E-state index contributed by atoms with van der Waals surface area (Å²) in [6.45, 7) is 4.36. The number of carbonyl (C=O) groups excluding carboxylic acids is 1. The minimum Gasteiger partial charge on any atom is -0.465 e. The van der Waals surface area contributed by atoms with E-state index >= 15 is 0 Å². The third-order valence-electron chi connectivity index (χ3n) is 5.95. The van der Waals surface area contributed by atoms with Gasteiger partial charge in [0.05, 0.1) is 14.7 Å². The van der Waals surface area contributed by atoms with Gasteiger partial charge in [-0.1, -0.05) is 55.0 Å². The molecule has 1 saturated carbocycles. The maximum Gasteiger partial charge on any atom is 0.405 e. The number of halogens is 3. The summed E-state index contributed by atoms with van der Waals surface area (Å²) in [5.74, 6) is -1.70. The summed E-state index contributed by atoms with van der Waals surface area (Å²) in [5.41, 5.74) is -2.34. The molecule has 0 spiro atoms. The fraction of sp³-hybridized carbons (Fsp3) is 0.588. The van der Waals surface area contributed by atoms with E-state index < -0.39 is 31.6 Å². The van der Waals surface area contributed by atoms with E-state index in [-0.39, 0.29) is 18.6 Å². The first-order chi connectivity index (χ1) is 10.7. The minimum absolute atomic E-state index is 0.0561. The van der Waals surface area contributed by atoms with Crippen LogP contribution in [-0.2, 0) is 9.53 Å². The van der Waals surface area contributed by atoms with Crippen LogP contribution in [0.25, 0.3) is 0 Å². The first-order valence-electron chi connectivity index (χ1n) is 8.01. The number of hydrogen-bond donors (Lipinski definition) is 0. The quantitative estimate of drug-likeness (QED) is 0.602. The predicted molar refractivity (Wildman–Crippen MR) is 84.1 cm³/mol. The first-order valence-corrected chi connectivity index (χ1v) is 11.1. The average Bonchev–Trinajstić information content (AvgIpc) is 2.91. The predicted octanol–water partition coefficient (Wildman–Crippen LogP) is 3.88. The standard InChI is InChI=1S/C17H21F3O2Si/c1-23(2,12-6-4-3-5-7-12)14-8-10-16(17(18,19)20)13(14)9-11-22-15(16)21/h3-7,13-14H,8-11H2,1-2H3/t13-,14+,16-/m0/s1. The molecule has 0 unspecified atom stereocenters. The van der Waals surface area contributed by atoms with Crippen LogP contribution < -0.4 is 5.19 Å². The van der Waals surface area contributed by atoms with Crippen molar-refractivity contribution in [3.05, 3.63) is 30.3 Å². The molecule has 23 heavy (non-hydrogen) atoms. The number of benzene rings is 1. The van der Waals surface area contributed by atoms with Gasteiger partial charge in [0.1, 0.15) is 0 Å². The number of fused-ring (bicyclic) bond motifs is 1. The van der Waals surface area contributed by atoms with Crippen molar-refractivity contribution in [2.45, 2.75) is 44.1 Å². The fourth-order valence-electron chi connectivity index (χ4n) is 4.63. The SMILES string of the molecule is C[Si](C)(c1ccccc1)[C@@H]1CC[C@@]2(C(F)(F)F)C(=O)OCC[C@@H]12. The Bertz CT molecular complexity index is 600. The zero-order valence-electron chi connectivity index (χ0n) is 13.3. The molecule has 1 aromatic carbocycles. The molecule has 2 nitrogen and oxygen atoms in total. The highest BCUT2D eigenvalue weighted by atomic mass is 28.3. The molecule has 126 valence electrons. The highest BCUT2D eigenvalue weighted by Gasteiger charge is 2.71. The summed E-state index contributed by atoms with van der Waals surface area (Å²) in [7, 11) is -2.12. The minimum atomic E-state index is -4.54. The summed E-state index contributed by atoms with van der Waals surface area (Å²) >= 11 is 0. The summed E-state index contributed by atoms with van der Waals surface area (Å²) in [6, 6.07) is 9.82. The van der Waals surface area contributed by atoms with E-state index in [0.29, 0.717) is 12.8 Å². The van der Waals surface area contributed by atoms with Crippen LogP contribution in [0.3, 0.4) is 0 Å². The van der Waals surface area contributed by atoms with Gasteiger partial charge in [-0.15, -0.1) is 0 Å². The highest BCUT2D eigenvalue weighted by Crippen LogP contribution is 2.63. The Morgan fingerprint density at radius 2 is 1.83 bits per heavy atom. The molecule has 1 heterocycles. The molecule has 1 saturated heterocycles. The lowest BCUT2D eigenvalue weighted by Crippen LogP contribution is -2.56. The zero-order valence-corrected chi connectivity index (χ0v) is 14.3. The molecule has 1 aromatic rings. The van der Waals surface area contributed by atoms with Crippen LogP contribution in [0, 0.1) is 11.3 Å². The van der Waals surface area contributed by atoms with Crippen molar-refractivity contribution < 1.29 is 22.7 Å². The Labute approximate surface area is 135 Å². The van der Waals surface area contributed by atoms with Crippen molar-refractivity contribution in [3.63, 3.8) is 0 Å². The van der Waals surface area contributed by atoms with E-state index in [1.807, 2.05) is 30.3 Å². The molecule has 0 amide bonds. The molecule has 2 fully saturated rings. The smallest absolute Gasteiger partial charge is 0.405 e. The van der Waals surface area contributed by atoms with Crippen molar-refractivity contribution in [1.82, 2.24) is 0 Å². The van der Waals surface area contributed by atoms with Crippen molar-refractivity contribution in [1.29, 1.82) is 0 Å². The van der Waals surface area contributed by atoms with E-state index in [2.05, 4.69) is 13.1 Å². The normalized spacial score (nSPS) is 31.6. The Balaban J connectivity index is 2.02. The van der Waals surface area contributed by atoms with E-state index in [1.54, 1.807) is 0 Å². The van der Waals surface area contributed by atoms with Gasteiger partial charge < -0.3 is 4.74 Å². The van der Waals surface area contributed by atoms with Gasteiger partial charge in [0.2, 0.25) is 0 Å². The molecule has 0 radical (unpaired) electrons. The van der Waals surface area contributed by atoms with Crippen molar-refractivity contribution in [2.75, 3.05) is 6.61 Å². The lowest BCUT2D eigenvalue weighted by molar-refractivity contribution is -0.253. The molecule has 0 bridgehead atoms. The Hall–Kier alpha value is -1.30. The second-order valence-corrected chi connectivity index (χ2v) is 12.0. The number of cyclic esters (lactones) is 1. The van der Waals surface area contributed by atoms with E-state index in [1.165, 1.54) is 0 Å². The first kappa shape index (κ1) is 16.6. The lowest BCUT2D eigenvalue weighted by atomic mass is 9.74. The Morgan fingerprint density at radius 1 is 1.17 bits per heavy atom. The third-order valence-corrected chi connectivity index (χ3v) is 10.3. The van der Waals surface area contributed by atoms with E-state index in [0.717, 1.165) is 5.19 Å². The fourth-order valence-corrected chi connectivity index (χ4v) is 8.44. The van der Waals surface area contributed by atoms with Gasteiger partial charge in [0.15, 0.2) is 5.41 Å². The Kier molecular flexibility index (Phi) is 3.86. The van der Waals surface area contributed by atoms with Gasteiger partial charge in [-0.05, 0) is 24.3 Å². The van der Waals surface area contributed by atoms with E-state index in [9.17, 15) is 18.0 Å². The van der Waals surface area contributed by atoms with Crippen LogP contribution in [0.4, 0.5) is 13.2 Å². The summed E-state index contributed by atoms with van der Waals surface area (Å²) in [4.78, 5) is 12.1. The molecule has 2 aliphatic rings. The largest absolute Gasteiger partial charge is 0.465 e. The zero-order chi connectivity index (χ0) is 16.9. The molecule has 6 heteroatoms. The van der Waals surface area contributed by atoms with Crippen LogP contribution in [0.15, 0.2) is 30.3 Å². The van der Waals surface area contributed by atoms with Gasteiger partial charge in [-0.25, -0.2) is 0 Å². The second-order valence-electron chi connectivity index (χ2n) is 7.23. The molecule has 0 N–H and O–H groups in total. The highest BCUT2D eigenvalue weighted by molar-refractivity contribution is 6.91. The summed E-state index contributed by atoms with van der Waals surface area (Å²) in [6.07, 6.45) is -3.90. The number of alkyl halides is 3. The van der Waals surface area contributed by atoms with E-state index in [4.69, 9.17) is 4.74 Å². The van der Waals surface area contributed by atoms with Crippen LogP contribution in [-0.4, -0.2) is 26.8 Å². The van der Waals surface area contributed by atoms with Crippen molar-refractivity contribution in [3.8, 4) is 0 Å². The van der Waals surface area contributed by atoms with Crippen LogP contribution in [0.5, 0.6) is 0 Å². The number of rotatable bonds is 2. The molecule has 1 aliphatic carbocycles. The van der Waals surface area contributed by atoms with Gasteiger partial charge >= 0.3 is 12.1 Å². The second kappa shape index (κ2) is 5.36. The maximum atomic E-state index is 13.8. The molecule has 3 rings (SSSR count). The topological polar surface area (TPSA) is 26.3 Å². The third kappa shape index (κ3) is 2.33. The van der Waals surface area contributed by atoms with Crippen LogP contribution >= 0.6 is 0 Å². The summed E-state index contributed by atoms with van der Waals surface area (Å²) < 4.78 is 46.3. The summed E-state index contributed by atoms with van der Waals surface area (Å²) in [5, 5.41) is 1.15.